The fourth-order valence-electron chi connectivity index (χ4n) is 5.06. The number of nitrogens with zero attached hydrogens (tertiary/aromatic N) is 1. The molecule has 1 fully saturated rings. The van der Waals surface area contributed by atoms with Crippen LogP contribution >= 0.6 is 0 Å². The second kappa shape index (κ2) is 9.25. The van der Waals surface area contributed by atoms with E-state index in [1.807, 2.05) is 48.7 Å². The molecule has 0 saturated carbocycles. The van der Waals surface area contributed by atoms with E-state index in [4.69, 9.17) is 4.74 Å². The molecule has 1 aromatic carbocycles. The molecule has 2 amide bonds. The van der Waals surface area contributed by atoms with Crippen molar-refractivity contribution in [2.75, 3.05) is 26.7 Å². The Morgan fingerprint density at radius 1 is 1.21 bits per heavy atom. The molecule has 7 heteroatoms. The van der Waals surface area contributed by atoms with Gasteiger partial charge in [-0.1, -0.05) is 36.4 Å². The van der Waals surface area contributed by atoms with Gasteiger partial charge in [-0.2, -0.15) is 0 Å². The summed E-state index contributed by atoms with van der Waals surface area (Å²) >= 11 is 0. The quantitative estimate of drug-likeness (QED) is 0.667. The largest absolute Gasteiger partial charge is 0.497 e. The number of allylic oxidation sites excluding steroid dienone is 2. The number of Topliss-reactive ketones (excluding diaryl/α,β-unsaturated/α-hetero) is 1. The molecule has 2 aliphatic heterocycles. The number of amides is 2. The average Bonchev–Trinajstić information content (AvgIpc) is 3.13. The van der Waals surface area contributed by atoms with Gasteiger partial charge in [0.15, 0.2) is 5.78 Å². The molecule has 3 aliphatic rings. The number of ketones is 1. The van der Waals surface area contributed by atoms with Crippen molar-refractivity contribution in [2.45, 2.75) is 31.7 Å². The molecule has 4 rings (SSSR count). The van der Waals surface area contributed by atoms with E-state index in [0.29, 0.717) is 18.0 Å². The van der Waals surface area contributed by atoms with Crippen LogP contribution < -0.4 is 10.6 Å². The molecule has 1 aromatic rings. The van der Waals surface area contributed by atoms with E-state index in [1.165, 1.54) is 13.8 Å². The highest BCUT2D eigenvalue weighted by atomic mass is 16.5. The van der Waals surface area contributed by atoms with Crippen molar-refractivity contribution in [2.24, 2.45) is 11.8 Å². The third-order valence-corrected chi connectivity index (χ3v) is 6.87. The van der Waals surface area contributed by atoms with Gasteiger partial charge >= 0.3 is 0 Å². The molecule has 33 heavy (non-hydrogen) atoms. The second-order valence-corrected chi connectivity index (χ2v) is 9.01. The maximum absolute atomic E-state index is 13.2. The van der Waals surface area contributed by atoms with E-state index in [1.54, 1.807) is 12.0 Å². The maximum Gasteiger partial charge on any atom is 0.230 e. The SMILES string of the molecule is COC1=CC2CN(CC(NC(C)=O)(C(C)=O)c3ccc(C4C=CNCC4)cc3)C(=O)C2C=C1. The lowest BCUT2D eigenvalue weighted by molar-refractivity contribution is -0.136. The number of benzene rings is 1. The van der Waals surface area contributed by atoms with Gasteiger partial charge in [-0.25, -0.2) is 0 Å². The number of nitrogens with one attached hydrogen (secondary N) is 2. The standard InChI is InChI=1S/C26H31N3O4/c1-17(30)26(28-18(2)31,22-6-4-19(5-7-22)20-10-12-27-13-11-20)16-29-15-21-14-23(33-3)8-9-24(21)25(29)32/h4-10,12,14,20-21,24,27H,11,13,15-16H2,1-3H3,(H,28,31). The number of rotatable bonds is 7. The third kappa shape index (κ3) is 4.45. The number of fused-ring (bicyclic) bond motifs is 1. The van der Waals surface area contributed by atoms with Gasteiger partial charge in [-0.15, -0.1) is 0 Å². The summed E-state index contributed by atoms with van der Waals surface area (Å²) in [5.41, 5.74) is 0.523. The van der Waals surface area contributed by atoms with E-state index in [9.17, 15) is 14.4 Å². The number of hydrogen-bond donors (Lipinski definition) is 2. The fraction of sp³-hybridized carbons (Fsp3) is 0.423. The van der Waals surface area contributed by atoms with Crippen LogP contribution in [0.1, 0.15) is 37.3 Å². The van der Waals surface area contributed by atoms with Crippen molar-refractivity contribution in [1.82, 2.24) is 15.5 Å². The van der Waals surface area contributed by atoms with E-state index in [0.717, 1.165) is 24.3 Å². The predicted molar refractivity (Wildman–Crippen MR) is 125 cm³/mol. The van der Waals surface area contributed by atoms with Gasteiger partial charge in [0.1, 0.15) is 11.3 Å². The number of carbonyl (C=O) groups is 3. The van der Waals surface area contributed by atoms with Crippen LogP contribution in [0, 0.1) is 11.8 Å². The highest BCUT2D eigenvalue weighted by molar-refractivity contribution is 5.93. The summed E-state index contributed by atoms with van der Waals surface area (Å²) in [5.74, 6) is 0.168. The molecule has 7 nitrogen and oxygen atoms in total. The summed E-state index contributed by atoms with van der Waals surface area (Å²) in [4.78, 5) is 40.2. The zero-order chi connectivity index (χ0) is 23.6. The van der Waals surface area contributed by atoms with Gasteiger partial charge < -0.3 is 20.3 Å². The Morgan fingerprint density at radius 3 is 2.58 bits per heavy atom. The topological polar surface area (TPSA) is 87.7 Å². The number of methoxy groups -OCH3 is 1. The van der Waals surface area contributed by atoms with Crippen LogP contribution in [0.15, 0.2) is 60.5 Å². The summed E-state index contributed by atoms with van der Waals surface area (Å²) in [6.07, 6.45) is 10.7. The van der Waals surface area contributed by atoms with E-state index in [-0.39, 0.29) is 36.0 Å². The maximum atomic E-state index is 13.2. The molecule has 0 radical (unpaired) electrons. The third-order valence-electron chi connectivity index (χ3n) is 6.87. The summed E-state index contributed by atoms with van der Waals surface area (Å²) in [5, 5.41) is 6.09. The van der Waals surface area contributed by atoms with Crippen molar-refractivity contribution in [1.29, 1.82) is 0 Å². The van der Waals surface area contributed by atoms with Crippen LogP contribution in [-0.2, 0) is 24.7 Å². The molecule has 0 aromatic heterocycles. The Balaban J connectivity index is 1.64. The van der Waals surface area contributed by atoms with Crippen molar-refractivity contribution in [3.8, 4) is 0 Å². The molecule has 4 unspecified atom stereocenters. The van der Waals surface area contributed by atoms with Crippen molar-refractivity contribution in [3.05, 3.63) is 71.7 Å². The molecule has 1 aliphatic carbocycles. The van der Waals surface area contributed by atoms with Crippen LogP contribution in [0.2, 0.25) is 0 Å². The van der Waals surface area contributed by atoms with Crippen LogP contribution in [0.3, 0.4) is 0 Å². The van der Waals surface area contributed by atoms with Gasteiger partial charge in [0.25, 0.3) is 0 Å². The second-order valence-electron chi connectivity index (χ2n) is 9.01. The van der Waals surface area contributed by atoms with Gasteiger partial charge in [-0.05, 0) is 42.8 Å². The van der Waals surface area contributed by atoms with Crippen LogP contribution in [0.4, 0.5) is 0 Å². The van der Waals surface area contributed by atoms with Gasteiger partial charge in [0.05, 0.1) is 19.6 Å². The van der Waals surface area contributed by atoms with Gasteiger partial charge in [-0.3, -0.25) is 14.4 Å². The minimum atomic E-state index is -1.31. The smallest absolute Gasteiger partial charge is 0.230 e. The van der Waals surface area contributed by atoms with Crippen LogP contribution in [-0.4, -0.2) is 49.2 Å². The summed E-state index contributed by atoms with van der Waals surface area (Å²) in [6, 6.07) is 7.83. The molecule has 2 N–H and O–H groups in total. The number of hydrogen-bond acceptors (Lipinski definition) is 5. The molecule has 0 spiro atoms. The van der Waals surface area contributed by atoms with E-state index in [2.05, 4.69) is 16.7 Å². The van der Waals surface area contributed by atoms with E-state index >= 15 is 0 Å². The van der Waals surface area contributed by atoms with Crippen molar-refractivity contribution < 1.29 is 19.1 Å². The minimum Gasteiger partial charge on any atom is -0.497 e. The zero-order valence-electron chi connectivity index (χ0n) is 19.3. The highest BCUT2D eigenvalue weighted by Gasteiger charge is 2.46. The first kappa shape index (κ1) is 22.8. The molecular weight excluding hydrogens is 418 g/mol. The molecule has 4 atom stereocenters. The highest BCUT2D eigenvalue weighted by Crippen LogP contribution is 2.35. The first-order valence-corrected chi connectivity index (χ1v) is 11.4. The summed E-state index contributed by atoms with van der Waals surface area (Å²) in [6.45, 7) is 4.33. The Labute approximate surface area is 194 Å². The molecular formula is C26H31N3O4. The Hall–Kier alpha value is -3.35. The minimum absolute atomic E-state index is 0.0199. The normalized spacial score (nSPS) is 25.5. The van der Waals surface area contributed by atoms with Crippen LogP contribution in [0.25, 0.3) is 0 Å². The number of carbonyl (C=O) groups excluding carboxylic acids is 3. The Bertz CT molecular complexity index is 1030. The first-order valence-electron chi connectivity index (χ1n) is 11.4. The molecule has 0 bridgehead atoms. The molecule has 174 valence electrons. The van der Waals surface area contributed by atoms with Crippen LogP contribution in [0.5, 0.6) is 0 Å². The van der Waals surface area contributed by atoms with Gasteiger partial charge in [0, 0.05) is 31.8 Å². The lowest BCUT2D eigenvalue weighted by Crippen LogP contribution is -2.57. The molecule has 2 heterocycles. The first-order chi connectivity index (χ1) is 15.8. The average molecular weight is 450 g/mol. The summed E-state index contributed by atoms with van der Waals surface area (Å²) < 4.78 is 5.32. The van der Waals surface area contributed by atoms with Crippen molar-refractivity contribution in [3.63, 3.8) is 0 Å². The Morgan fingerprint density at radius 2 is 1.97 bits per heavy atom. The van der Waals surface area contributed by atoms with Crippen molar-refractivity contribution >= 4 is 17.6 Å². The predicted octanol–water partition coefficient (Wildman–Crippen LogP) is 2.37. The summed E-state index contributed by atoms with van der Waals surface area (Å²) in [7, 11) is 1.60. The Kier molecular flexibility index (Phi) is 6.40. The fourth-order valence-corrected chi connectivity index (χ4v) is 5.06. The monoisotopic (exact) mass is 449 g/mol. The lowest BCUT2D eigenvalue weighted by Gasteiger charge is -2.36. The van der Waals surface area contributed by atoms with Gasteiger partial charge in [0.2, 0.25) is 11.8 Å². The number of likely N-dealkylation sites (tertiary alicyclic amines) is 1. The molecule has 1 saturated heterocycles. The number of ether oxygens (including phenoxy) is 1. The lowest BCUT2D eigenvalue weighted by atomic mass is 9.83. The zero-order valence-corrected chi connectivity index (χ0v) is 19.3. The van der Waals surface area contributed by atoms with E-state index < -0.39 is 5.54 Å².